The van der Waals surface area contributed by atoms with Crippen molar-refractivity contribution in [1.29, 1.82) is 0 Å². The van der Waals surface area contributed by atoms with Crippen molar-refractivity contribution in [2.24, 2.45) is 5.16 Å². The molecule has 0 N–H and O–H groups in total. The molecule has 1 aromatic rings. The van der Waals surface area contributed by atoms with E-state index in [2.05, 4.69) is 21.1 Å². The smallest absolute Gasteiger partial charge is 0.242 e. The molecular weight excluding hydrogens is 320 g/mol. The predicted molar refractivity (Wildman–Crippen MR) is 72.1 cm³/mol. The minimum Gasteiger partial charge on any atom is -0.386 e. The molecule has 7 heteroatoms. The fourth-order valence-corrected chi connectivity index (χ4v) is 2.87. The lowest BCUT2D eigenvalue weighted by atomic mass is 10.1. The largest absolute Gasteiger partial charge is 0.386 e. The van der Waals surface area contributed by atoms with E-state index >= 15 is 0 Å². The van der Waals surface area contributed by atoms with Gasteiger partial charge in [-0.3, -0.25) is 0 Å². The molecule has 1 atom stereocenters. The van der Waals surface area contributed by atoms with E-state index in [1.54, 1.807) is 24.3 Å². The number of hydrogen-bond acceptors (Lipinski definition) is 4. The molecule has 2 rings (SSSR count). The minimum atomic E-state index is -3.37. The molecule has 0 radical (unpaired) electrons. The number of oxime groups is 1. The van der Waals surface area contributed by atoms with Crippen molar-refractivity contribution >= 4 is 30.6 Å². The maximum atomic E-state index is 11.9. The van der Waals surface area contributed by atoms with Crippen LogP contribution in [0.3, 0.4) is 0 Å². The van der Waals surface area contributed by atoms with Crippen LogP contribution in [0.5, 0.6) is 0 Å². The van der Waals surface area contributed by atoms with Crippen molar-refractivity contribution in [3.8, 4) is 0 Å². The highest BCUT2D eigenvalue weighted by atomic mass is 79.9. The van der Waals surface area contributed by atoms with Gasteiger partial charge in [-0.05, 0) is 33.6 Å². The van der Waals surface area contributed by atoms with Crippen molar-refractivity contribution in [2.75, 3.05) is 14.1 Å². The van der Waals surface area contributed by atoms with Crippen LogP contribution in [-0.2, 0) is 14.9 Å². The molecule has 0 amide bonds. The van der Waals surface area contributed by atoms with Crippen LogP contribution < -0.4 is 0 Å². The lowest BCUT2D eigenvalue weighted by Gasteiger charge is -2.13. The Morgan fingerprint density at radius 3 is 2.39 bits per heavy atom. The predicted octanol–water partition coefficient (Wildman–Crippen LogP) is 2.11. The van der Waals surface area contributed by atoms with Crippen molar-refractivity contribution in [3.05, 3.63) is 29.8 Å². The molecule has 0 aromatic heterocycles. The summed E-state index contributed by atoms with van der Waals surface area (Å²) in [6.45, 7) is 0. The third kappa shape index (κ3) is 2.57. The zero-order valence-electron chi connectivity index (χ0n) is 10.00. The molecule has 0 saturated heterocycles. The lowest BCUT2D eigenvalue weighted by Crippen LogP contribution is -2.22. The Balaban J connectivity index is 2.21. The third-order valence-corrected chi connectivity index (χ3v) is 4.96. The molecular formula is C11H13BrN2O3S. The van der Waals surface area contributed by atoms with E-state index in [1.807, 2.05) is 0 Å². The van der Waals surface area contributed by atoms with Gasteiger partial charge in [0.15, 0.2) is 6.10 Å². The van der Waals surface area contributed by atoms with Crippen LogP contribution >= 0.6 is 15.9 Å². The molecule has 0 bridgehead atoms. The highest BCUT2D eigenvalue weighted by Gasteiger charge is 2.22. The number of sulfonamides is 1. The van der Waals surface area contributed by atoms with Crippen molar-refractivity contribution in [3.63, 3.8) is 0 Å². The maximum Gasteiger partial charge on any atom is 0.242 e. The summed E-state index contributed by atoms with van der Waals surface area (Å²) in [4.78, 5) is 5.48. The summed E-state index contributed by atoms with van der Waals surface area (Å²) in [5, 5.41) is 3.80. The van der Waals surface area contributed by atoms with Gasteiger partial charge >= 0.3 is 0 Å². The molecule has 18 heavy (non-hydrogen) atoms. The average Bonchev–Trinajstić information content (AvgIpc) is 2.76. The van der Waals surface area contributed by atoms with E-state index in [0.717, 1.165) is 10.2 Å². The molecule has 0 fully saturated rings. The van der Waals surface area contributed by atoms with Crippen molar-refractivity contribution in [1.82, 2.24) is 4.31 Å². The zero-order valence-corrected chi connectivity index (χ0v) is 12.4. The van der Waals surface area contributed by atoms with E-state index in [0.29, 0.717) is 6.42 Å². The molecule has 0 aliphatic carbocycles. The van der Waals surface area contributed by atoms with E-state index in [1.165, 1.54) is 18.4 Å². The van der Waals surface area contributed by atoms with Crippen LogP contribution in [0.2, 0.25) is 0 Å². The Morgan fingerprint density at radius 2 is 1.94 bits per heavy atom. The first-order valence-electron chi connectivity index (χ1n) is 5.32. The van der Waals surface area contributed by atoms with Gasteiger partial charge in [0.1, 0.15) is 4.62 Å². The quantitative estimate of drug-likeness (QED) is 0.851. The van der Waals surface area contributed by atoms with E-state index in [9.17, 15) is 8.42 Å². The monoisotopic (exact) mass is 332 g/mol. The molecule has 0 saturated carbocycles. The molecule has 1 aromatic carbocycles. The summed E-state index contributed by atoms with van der Waals surface area (Å²) in [5.74, 6) is 0. The minimum absolute atomic E-state index is 0.143. The second kappa shape index (κ2) is 4.99. The number of rotatable bonds is 3. The van der Waals surface area contributed by atoms with Gasteiger partial charge in [-0.25, -0.2) is 12.7 Å². The van der Waals surface area contributed by atoms with Gasteiger partial charge in [0.25, 0.3) is 0 Å². The van der Waals surface area contributed by atoms with Crippen LogP contribution in [0.4, 0.5) is 0 Å². The summed E-state index contributed by atoms with van der Waals surface area (Å²) in [6, 6.07) is 6.67. The van der Waals surface area contributed by atoms with Gasteiger partial charge in [-0.15, -0.1) is 0 Å². The van der Waals surface area contributed by atoms with Gasteiger partial charge in [0.05, 0.1) is 4.90 Å². The highest BCUT2D eigenvalue weighted by Crippen LogP contribution is 2.29. The SMILES string of the molecule is CN(C)S(=O)(=O)c1ccc([C@H]2CC(Br)=NO2)cc1. The molecule has 5 nitrogen and oxygen atoms in total. The fourth-order valence-electron chi connectivity index (χ4n) is 1.59. The van der Waals surface area contributed by atoms with Crippen LogP contribution in [-0.4, -0.2) is 31.4 Å². The Labute approximate surface area is 115 Å². The van der Waals surface area contributed by atoms with Crippen LogP contribution in [0.1, 0.15) is 18.1 Å². The fraction of sp³-hybridized carbons (Fsp3) is 0.364. The summed E-state index contributed by atoms with van der Waals surface area (Å²) in [7, 11) is -0.357. The molecule has 1 aliphatic heterocycles. The number of nitrogens with zero attached hydrogens (tertiary/aromatic N) is 2. The van der Waals surface area contributed by atoms with E-state index in [-0.39, 0.29) is 11.0 Å². The van der Waals surface area contributed by atoms with Gasteiger partial charge in [-0.1, -0.05) is 17.3 Å². The van der Waals surface area contributed by atoms with Crippen LogP contribution in [0, 0.1) is 0 Å². The summed E-state index contributed by atoms with van der Waals surface area (Å²) >= 11 is 3.26. The lowest BCUT2D eigenvalue weighted by molar-refractivity contribution is 0.0857. The van der Waals surface area contributed by atoms with Crippen molar-refractivity contribution < 1.29 is 13.3 Å². The third-order valence-electron chi connectivity index (χ3n) is 2.66. The molecule has 0 unspecified atom stereocenters. The first-order valence-corrected chi connectivity index (χ1v) is 7.55. The van der Waals surface area contributed by atoms with Gasteiger partial charge in [0, 0.05) is 20.5 Å². The second-order valence-corrected chi connectivity index (χ2v) is 7.19. The topological polar surface area (TPSA) is 59.0 Å². The van der Waals surface area contributed by atoms with Gasteiger partial charge in [-0.2, -0.15) is 0 Å². The summed E-state index contributed by atoms with van der Waals surface area (Å²) in [6.07, 6.45) is 0.523. The summed E-state index contributed by atoms with van der Waals surface area (Å²) < 4.78 is 25.7. The van der Waals surface area contributed by atoms with E-state index in [4.69, 9.17) is 4.84 Å². The Morgan fingerprint density at radius 1 is 1.33 bits per heavy atom. The molecule has 1 heterocycles. The molecule has 1 aliphatic rings. The highest BCUT2D eigenvalue weighted by molar-refractivity contribution is 9.18. The number of hydrogen-bond donors (Lipinski definition) is 0. The number of benzene rings is 1. The van der Waals surface area contributed by atoms with Gasteiger partial charge in [0.2, 0.25) is 10.0 Å². The molecule has 0 spiro atoms. The average molecular weight is 333 g/mol. The normalized spacial score (nSPS) is 19.8. The number of halogens is 1. The standard InChI is InChI=1S/C11H13BrN2O3S/c1-14(2)18(15,16)9-5-3-8(4-6-9)10-7-11(12)13-17-10/h3-6,10H,7H2,1-2H3/t10-/m1/s1. The second-order valence-electron chi connectivity index (χ2n) is 4.12. The van der Waals surface area contributed by atoms with Gasteiger partial charge < -0.3 is 4.84 Å². The first kappa shape index (κ1) is 13.5. The van der Waals surface area contributed by atoms with Crippen LogP contribution in [0.15, 0.2) is 34.3 Å². The first-order chi connectivity index (χ1) is 8.41. The Hall–Kier alpha value is -0.920. The Bertz CT molecular complexity index is 566. The maximum absolute atomic E-state index is 11.9. The Kier molecular flexibility index (Phi) is 3.74. The molecule has 98 valence electrons. The summed E-state index contributed by atoms with van der Waals surface area (Å²) in [5.41, 5.74) is 0.908. The van der Waals surface area contributed by atoms with E-state index < -0.39 is 10.0 Å². The van der Waals surface area contributed by atoms with Crippen LogP contribution in [0.25, 0.3) is 0 Å². The van der Waals surface area contributed by atoms with Crippen molar-refractivity contribution in [2.45, 2.75) is 17.4 Å². The zero-order chi connectivity index (χ0) is 13.3.